The summed E-state index contributed by atoms with van der Waals surface area (Å²) < 4.78 is 5.12. The highest BCUT2D eigenvalue weighted by atomic mass is 16.5. The molecule has 0 saturated carbocycles. The summed E-state index contributed by atoms with van der Waals surface area (Å²) >= 11 is 0. The summed E-state index contributed by atoms with van der Waals surface area (Å²) in [5.41, 5.74) is -0.510. The van der Waals surface area contributed by atoms with E-state index in [1.54, 1.807) is 0 Å². The van der Waals surface area contributed by atoms with Crippen molar-refractivity contribution in [2.75, 3.05) is 6.61 Å². The third-order valence-corrected chi connectivity index (χ3v) is 3.56. The Morgan fingerprint density at radius 2 is 2.00 bits per heavy atom. The van der Waals surface area contributed by atoms with E-state index in [9.17, 15) is 9.90 Å². The molecule has 0 spiro atoms. The lowest BCUT2D eigenvalue weighted by atomic mass is 9.75. The second-order valence-corrected chi connectivity index (χ2v) is 5.29. The van der Waals surface area contributed by atoms with Crippen LogP contribution in [0.25, 0.3) is 0 Å². The summed E-state index contributed by atoms with van der Waals surface area (Å²) in [6.07, 6.45) is 7.32. The second kappa shape index (κ2) is 6.20. The van der Waals surface area contributed by atoms with Gasteiger partial charge in [0.1, 0.15) is 0 Å². The lowest BCUT2D eigenvalue weighted by molar-refractivity contribution is -0.155. The number of aliphatic hydroxyl groups is 1. The van der Waals surface area contributed by atoms with Crippen molar-refractivity contribution in [1.82, 2.24) is 0 Å². The average molecular weight is 240 g/mol. The Morgan fingerprint density at radius 3 is 2.65 bits per heavy atom. The second-order valence-electron chi connectivity index (χ2n) is 5.29. The molecule has 0 aromatic carbocycles. The van der Waals surface area contributed by atoms with Crippen molar-refractivity contribution in [2.24, 2.45) is 11.3 Å². The molecule has 0 radical (unpaired) electrons. The minimum atomic E-state index is -0.510. The fourth-order valence-corrected chi connectivity index (χ4v) is 2.24. The van der Waals surface area contributed by atoms with Gasteiger partial charge in [0.25, 0.3) is 0 Å². The Morgan fingerprint density at radius 1 is 1.35 bits per heavy atom. The van der Waals surface area contributed by atoms with Crippen LogP contribution in [0.5, 0.6) is 0 Å². The molecule has 0 amide bonds. The van der Waals surface area contributed by atoms with Gasteiger partial charge >= 0.3 is 5.97 Å². The highest BCUT2D eigenvalue weighted by molar-refractivity contribution is 5.76. The number of carbonyl (C=O) groups is 1. The molecule has 3 nitrogen and oxygen atoms in total. The van der Waals surface area contributed by atoms with Crippen LogP contribution in [-0.4, -0.2) is 23.8 Å². The van der Waals surface area contributed by atoms with E-state index in [4.69, 9.17) is 4.74 Å². The van der Waals surface area contributed by atoms with Crippen molar-refractivity contribution < 1.29 is 14.6 Å². The van der Waals surface area contributed by atoms with Crippen molar-refractivity contribution >= 4 is 5.97 Å². The van der Waals surface area contributed by atoms with Crippen LogP contribution in [0.4, 0.5) is 0 Å². The number of allylic oxidation sites excluding steroid dienone is 1. The molecular formula is C14H24O3. The average Bonchev–Trinajstić information content (AvgIpc) is 2.24. The normalized spacial score (nSPS) is 26.1. The summed E-state index contributed by atoms with van der Waals surface area (Å²) in [6.45, 7) is 6.09. The maximum atomic E-state index is 11.9. The first kappa shape index (κ1) is 14.2. The van der Waals surface area contributed by atoms with Crippen LogP contribution in [0, 0.1) is 11.3 Å². The molecule has 0 heterocycles. The first-order valence-corrected chi connectivity index (χ1v) is 6.52. The van der Waals surface area contributed by atoms with Gasteiger partial charge in [-0.15, -0.1) is 0 Å². The van der Waals surface area contributed by atoms with E-state index in [0.717, 1.165) is 25.7 Å². The SMILES string of the molecule is CCOC(=O)C(C)(C)[C@H]1C=C[C@@H](O)CCCC1. The summed E-state index contributed by atoms with van der Waals surface area (Å²) in [6, 6.07) is 0. The Balaban J connectivity index is 2.77. The molecule has 0 aliphatic heterocycles. The lowest BCUT2D eigenvalue weighted by Crippen LogP contribution is -2.34. The van der Waals surface area contributed by atoms with Crippen LogP contribution in [0.1, 0.15) is 46.5 Å². The fraction of sp³-hybridized carbons (Fsp3) is 0.786. The molecule has 1 rings (SSSR count). The molecule has 17 heavy (non-hydrogen) atoms. The zero-order valence-electron chi connectivity index (χ0n) is 11.1. The molecule has 2 atom stereocenters. The number of hydrogen-bond donors (Lipinski definition) is 1. The number of rotatable bonds is 3. The molecule has 0 unspecified atom stereocenters. The van der Waals surface area contributed by atoms with Crippen molar-refractivity contribution in [1.29, 1.82) is 0 Å². The minimum absolute atomic E-state index is 0.148. The van der Waals surface area contributed by atoms with Crippen LogP contribution < -0.4 is 0 Å². The van der Waals surface area contributed by atoms with Crippen LogP contribution in [0.3, 0.4) is 0 Å². The van der Waals surface area contributed by atoms with E-state index in [-0.39, 0.29) is 18.0 Å². The quantitative estimate of drug-likeness (QED) is 0.609. The zero-order chi connectivity index (χ0) is 12.9. The molecule has 98 valence electrons. The van der Waals surface area contributed by atoms with Gasteiger partial charge in [-0.2, -0.15) is 0 Å². The van der Waals surface area contributed by atoms with Gasteiger partial charge in [0, 0.05) is 0 Å². The Hall–Kier alpha value is -0.830. The maximum absolute atomic E-state index is 11.9. The van der Waals surface area contributed by atoms with Crippen LogP contribution in [0.15, 0.2) is 12.2 Å². The van der Waals surface area contributed by atoms with Crippen molar-refractivity contribution in [3.8, 4) is 0 Å². The predicted octanol–water partition coefficient (Wildman–Crippen LogP) is 2.68. The van der Waals surface area contributed by atoms with E-state index in [1.165, 1.54) is 0 Å². The third kappa shape index (κ3) is 3.84. The predicted molar refractivity (Wildman–Crippen MR) is 67.5 cm³/mol. The topological polar surface area (TPSA) is 46.5 Å². The van der Waals surface area contributed by atoms with Gasteiger partial charge in [-0.3, -0.25) is 4.79 Å². The molecule has 0 saturated heterocycles. The van der Waals surface area contributed by atoms with Gasteiger partial charge in [-0.05, 0) is 39.5 Å². The van der Waals surface area contributed by atoms with Gasteiger partial charge in [-0.1, -0.05) is 25.0 Å². The van der Waals surface area contributed by atoms with Gasteiger partial charge in [0.15, 0.2) is 0 Å². The number of ether oxygens (including phenoxy) is 1. The molecule has 3 heteroatoms. The minimum Gasteiger partial charge on any atom is -0.466 e. The van der Waals surface area contributed by atoms with Crippen molar-refractivity contribution in [2.45, 2.75) is 52.6 Å². The zero-order valence-corrected chi connectivity index (χ0v) is 11.1. The van der Waals surface area contributed by atoms with Crippen molar-refractivity contribution in [3.63, 3.8) is 0 Å². The Labute approximate surface area is 104 Å². The molecule has 0 aromatic heterocycles. The van der Waals surface area contributed by atoms with E-state index in [2.05, 4.69) is 0 Å². The van der Waals surface area contributed by atoms with E-state index in [0.29, 0.717) is 6.61 Å². The summed E-state index contributed by atoms with van der Waals surface area (Å²) in [4.78, 5) is 11.9. The Kier molecular flexibility index (Phi) is 5.19. The molecule has 1 aliphatic rings. The molecule has 0 aromatic rings. The highest BCUT2D eigenvalue weighted by Crippen LogP contribution is 2.34. The smallest absolute Gasteiger partial charge is 0.312 e. The molecule has 1 N–H and O–H groups in total. The maximum Gasteiger partial charge on any atom is 0.312 e. The van der Waals surface area contributed by atoms with Crippen LogP contribution in [-0.2, 0) is 9.53 Å². The first-order valence-electron chi connectivity index (χ1n) is 6.52. The number of carbonyl (C=O) groups excluding carboxylic acids is 1. The summed E-state index contributed by atoms with van der Waals surface area (Å²) in [7, 11) is 0. The van der Waals surface area contributed by atoms with Gasteiger partial charge in [0.05, 0.1) is 18.1 Å². The highest BCUT2D eigenvalue weighted by Gasteiger charge is 2.36. The van der Waals surface area contributed by atoms with Crippen LogP contribution >= 0.6 is 0 Å². The molecule has 1 aliphatic carbocycles. The fourth-order valence-electron chi connectivity index (χ4n) is 2.24. The summed E-state index contributed by atoms with van der Waals surface area (Å²) in [5.74, 6) is 0.00112. The summed E-state index contributed by atoms with van der Waals surface area (Å²) in [5, 5.41) is 9.64. The molecule has 0 bridgehead atoms. The van der Waals surface area contributed by atoms with Crippen molar-refractivity contribution in [3.05, 3.63) is 12.2 Å². The molecule has 0 fully saturated rings. The number of esters is 1. The van der Waals surface area contributed by atoms with Crippen LogP contribution in [0.2, 0.25) is 0 Å². The van der Waals surface area contributed by atoms with E-state index >= 15 is 0 Å². The monoisotopic (exact) mass is 240 g/mol. The molecular weight excluding hydrogens is 216 g/mol. The van der Waals surface area contributed by atoms with E-state index < -0.39 is 5.41 Å². The number of aliphatic hydroxyl groups excluding tert-OH is 1. The van der Waals surface area contributed by atoms with Gasteiger partial charge < -0.3 is 9.84 Å². The van der Waals surface area contributed by atoms with Gasteiger partial charge in [0.2, 0.25) is 0 Å². The van der Waals surface area contributed by atoms with Gasteiger partial charge in [-0.25, -0.2) is 0 Å². The Bertz CT molecular complexity index is 281. The third-order valence-electron chi connectivity index (χ3n) is 3.56. The number of hydrogen-bond acceptors (Lipinski definition) is 3. The largest absolute Gasteiger partial charge is 0.466 e. The standard InChI is InChI=1S/C14H24O3/c1-4-17-13(16)14(2,3)11-7-5-6-8-12(15)10-9-11/h9-12,15H,4-8H2,1-3H3/t11-,12+/m1/s1. The first-order chi connectivity index (χ1) is 7.98. The lowest BCUT2D eigenvalue weighted by Gasteiger charge is -2.31. The van der Waals surface area contributed by atoms with E-state index in [1.807, 2.05) is 32.9 Å².